The van der Waals surface area contributed by atoms with Gasteiger partial charge in [0.2, 0.25) is 5.91 Å². The molecule has 348 valence electrons. The Morgan fingerprint density at radius 2 is 1.47 bits per heavy atom. The number of nitrogens with one attached hydrogen (secondary N) is 5. The molecular formula is C45H60Cl2N8O8S. The number of ether oxygens (including phenoxy) is 3. The number of halogens is 2. The lowest BCUT2D eigenvalue weighted by Gasteiger charge is -2.29. The SMILES string of the molecule is O=C(CCCC[C@H]1SC[C@@H]2NC(=O)N[C@@H]21)NCCCCCOC(=O)CCCCCn1cc(-c2cc(OCC(=O)NC3CCC(NC(=O)COc4ccc(Cl)cc4)CC3)ccc2Cl)nn1. The second kappa shape index (κ2) is 25.7. The number of fused-ring (bicyclic) bond motifs is 1. The smallest absolute Gasteiger partial charge is 0.315 e. The van der Waals surface area contributed by atoms with Crippen LogP contribution in [0, 0.1) is 0 Å². The summed E-state index contributed by atoms with van der Waals surface area (Å²) in [6, 6.07) is 12.4. The summed E-state index contributed by atoms with van der Waals surface area (Å²) in [4.78, 5) is 61.1. The van der Waals surface area contributed by atoms with Gasteiger partial charge < -0.3 is 40.8 Å². The molecule has 1 aromatic heterocycles. The van der Waals surface area contributed by atoms with E-state index >= 15 is 0 Å². The number of amides is 5. The zero-order valence-corrected chi connectivity index (χ0v) is 38.5. The molecule has 19 heteroatoms. The van der Waals surface area contributed by atoms with Crippen LogP contribution in [0.15, 0.2) is 48.7 Å². The summed E-state index contributed by atoms with van der Waals surface area (Å²) in [6.07, 6.45) is 13.3. The number of esters is 1. The van der Waals surface area contributed by atoms with Crippen molar-refractivity contribution in [1.29, 1.82) is 0 Å². The van der Waals surface area contributed by atoms with Gasteiger partial charge in [-0.1, -0.05) is 41.3 Å². The van der Waals surface area contributed by atoms with Crippen LogP contribution in [0.4, 0.5) is 4.79 Å². The van der Waals surface area contributed by atoms with Crippen LogP contribution in [0.1, 0.15) is 96.3 Å². The molecule has 3 atom stereocenters. The summed E-state index contributed by atoms with van der Waals surface area (Å²) in [6.45, 7) is 1.38. The van der Waals surface area contributed by atoms with Crippen molar-refractivity contribution in [2.75, 3.05) is 32.1 Å². The quantitative estimate of drug-likeness (QED) is 0.0340. The monoisotopic (exact) mass is 942 g/mol. The van der Waals surface area contributed by atoms with Crippen molar-refractivity contribution >= 4 is 64.7 Å². The molecular weight excluding hydrogens is 884 g/mol. The van der Waals surface area contributed by atoms with Gasteiger partial charge in [0.25, 0.3) is 11.8 Å². The van der Waals surface area contributed by atoms with Gasteiger partial charge in [-0.05, 0) is 113 Å². The van der Waals surface area contributed by atoms with Crippen LogP contribution in [0.25, 0.3) is 11.3 Å². The zero-order valence-electron chi connectivity index (χ0n) is 36.1. The highest BCUT2D eigenvalue weighted by atomic mass is 35.5. The summed E-state index contributed by atoms with van der Waals surface area (Å²) in [5, 5.41) is 25.0. The Morgan fingerprint density at radius 3 is 2.22 bits per heavy atom. The Morgan fingerprint density at radius 1 is 0.781 bits per heavy atom. The van der Waals surface area contributed by atoms with Gasteiger partial charge >= 0.3 is 12.0 Å². The van der Waals surface area contributed by atoms with Crippen molar-refractivity contribution < 1.29 is 38.2 Å². The van der Waals surface area contributed by atoms with Crippen LogP contribution in [-0.4, -0.2) is 106 Å². The third-order valence-electron chi connectivity index (χ3n) is 11.5. The Kier molecular flexibility index (Phi) is 19.5. The molecule has 5 amide bonds. The van der Waals surface area contributed by atoms with Crippen molar-refractivity contribution in [2.24, 2.45) is 0 Å². The number of aromatic nitrogens is 3. The molecule has 2 aliphatic heterocycles. The number of carbonyl (C=O) groups is 5. The van der Waals surface area contributed by atoms with Gasteiger partial charge in [0, 0.05) is 59.6 Å². The molecule has 1 aliphatic carbocycles. The number of hydrogen-bond acceptors (Lipinski definition) is 11. The highest BCUT2D eigenvalue weighted by molar-refractivity contribution is 8.00. The molecule has 0 bridgehead atoms. The number of hydrogen-bond donors (Lipinski definition) is 5. The lowest BCUT2D eigenvalue weighted by molar-refractivity contribution is -0.144. The van der Waals surface area contributed by atoms with Crippen LogP contribution < -0.4 is 36.1 Å². The second-order valence-corrected chi connectivity index (χ2v) is 18.6. The minimum absolute atomic E-state index is 0.00532. The molecule has 0 unspecified atom stereocenters. The molecule has 2 saturated heterocycles. The lowest BCUT2D eigenvalue weighted by Crippen LogP contribution is -2.45. The van der Waals surface area contributed by atoms with Crippen LogP contribution >= 0.6 is 35.0 Å². The molecule has 2 aromatic carbocycles. The maximum Gasteiger partial charge on any atom is 0.315 e. The van der Waals surface area contributed by atoms with Gasteiger partial charge in [-0.2, -0.15) is 11.8 Å². The van der Waals surface area contributed by atoms with Crippen molar-refractivity contribution in [3.05, 3.63) is 58.7 Å². The molecule has 6 rings (SSSR count). The van der Waals surface area contributed by atoms with Crippen LogP contribution in [0.5, 0.6) is 11.5 Å². The molecule has 0 radical (unpaired) electrons. The topological polar surface area (TPSA) is 204 Å². The highest BCUT2D eigenvalue weighted by Gasteiger charge is 2.42. The van der Waals surface area contributed by atoms with E-state index in [0.29, 0.717) is 77.0 Å². The third kappa shape index (κ3) is 16.4. The normalized spacial score (nSPS) is 20.1. The average Bonchev–Trinajstić information content (AvgIpc) is 4.01. The highest BCUT2D eigenvalue weighted by Crippen LogP contribution is 2.33. The van der Waals surface area contributed by atoms with Crippen molar-refractivity contribution in [3.63, 3.8) is 0 Å². The van der Waals surface area contributed by atoms with E-state index in [1.165, 1.54) is 0 Å². The molecule has 0 spiro atoms. The first-order valence-electron chi connectivity index (χ1n) is 22.5. The number of thioether (sulfide) groups is 1. The number of aryl methyl sites for hydroxylation is 1. The molecule has 3 aromatic rings. The van der Waals surface area contributed by atoms with Crippen LogP contribution in [0.2, 0.25) is 10.0 Å². The largest absolute Gasteiger partial charge is 0.484 e. The minimum Gasteiger partial charge on any atom is -0.484 e. The van der Waals surface area contributed by atoms with Gasteiger partial charge in [0.15, 0.2) is 13.2 Å². The number of unbranched alkanes of at least 4 members (excludes halogenated alkanes) is 5. The predicted molar refractivity (Wildman–Crippen MR) is 245 cm³/mol. The van der Waals surface area contributed by atoms with Gasteiger partial charge in [0.1, 0.15) is 17.2 Å². The number of carbonyl (C=O) groups excluding carboxylic acids is 5. The molecule has 3 heterocycles. The number of benzene rings is 2. The van der Waals surface area contributed by atoms with Crippen LogP contribution in [0.3, 0.4) is 0 Å². The van der Waals surface area contributed by atoms with Gasteiger partial charge in [-0.15, -0.1) is 5.10 Å². The van der Waals surface area contributed by atoms with Gasteiger partial charge in [-0.3, -0.25) is 23.9 Å². The third-order valence-corrected chi connectivity index (χ3v) is 13.6. The summed E-state index contributed by atoms with van der Waals surface area (Å²) < 4.78 is 18.5. The Hall–Kier alpha value is -4.74. The number of urea groups is 1. The van der Waals surface area contributed by atoms with Crippen molar-refractivity contribution in [3.8, 4) is 22.8 Å². The first kappa shape index (κ1) is 48.7. The molecule has 3 aliphatic rings. The first-order chi connectivity index (χ1) is 31.1. The molecule has 5 N–H and O–H groups in total. The summed E-state index contributed by atoms with van der Waals surface area (Å²) >= 11 is 14.3. The molecule has 64 heavy (non-hydrogen) atoms. The number of nitrogens with zero attached hydrogens (tertiary/aromatic N) is 3. The Labute approximate surface area is 388 Å². The molecule has 3 fully saturated rings. The summed E-state index contributed by atoms with van der Waals surface area (Å²) in [5.74, 6) is 1.44. The molecule has 1 saturated carbocycles. The fourth-order valence-electron chi connectivity index (χ4n) is 8.04. The zero-order chi connectivity index (χ0) is 45.1. The van der Waals surface area contributed by atoms with E-state index in [-0.39, 0.29) is 67.1 Å². The van der Waals surface area contributed by atoms with E-state index in [4.69, 9.17) is 37.4 Å². The lowest BCUT2D eigenvalue weighted by atomic mass is 9.91. The number of rotatable bonds is 26. The fourth-order valence-corrected chi connectivity index (χ4v) is 9.93. The standard InChI is InChI=1S/C45H60Cl2N8O8S/c46-30-12-18-33(19-13-30)62-27-41(57)49-31-14-16-32(17-15-31)50-42(58)28-63-34-20-21-36(47)35(25-34)37-26-55(54-53-37)23-7-1-3-11-43(59)61-24-8-2-6-22-48-40(56)10-5-4-9-39-44-38(29-64-39)51-45(60)52-44/h12-13,18-21,25-26,31-32,38-39,44H,1-11,14-17,22-24,27-29H2,(H,48,56)(H,49,57)(H,50,58)(H2,51,52,60)/t31?,32?,38-,39+,44-/m0/s1. The van der Waals surface area contributed by atoms with Gasteiger partial charge in [0.05, 0.1) is 29.9 Å². The molecule has 16 nitrogen and oxygen atoms in total. The minimum atomic E-state index is -0.231. The van der Waals surface area contributed by atoms with Crippen molar-refractivity contribution in [1.82, 2.24) is 41.6 Å². The Bertz CT molecular complexity index is 2000. The average molecular weight is 944 g/mol. The fraction of sp³-hybridized carbons (Fsp3) is 0.578. The maximum absolute atomic E-state index is 12.8. The van der Waals surface area contributed by atoms with Crippen LogP contribution in [-0.2, 0) is 30.5 Å². The van der Waals surface area contributed by atoms with E-state index in [1.807, 2.05) is 18.0 Å². The second-order valence-electron chi connectivity index (χ2n) is 16.5. The first-order valence-corrected chi connectivity index (χ1v) is 24.3. The van der Waals surface area contributed by atoms with E-state index in [2.05, 4.69) is 36.9 Å². The van der Waals surface area contributed by atoms with E-state index in [9.17, 15) is 24.0 Å². The van der Waals surface area contributed by atoms with E-state index < -0.39 is 0 Å². The maximum atomic E-state index is 12.8. The summed E-state index contributed by atoms with van der Waals surface area (Å²) in [7, 11) is 0. The van der Waals surface area contributed by atoms with Gasteiger partial charge in [-0.25, -0.2) is 4.79 Å². The van der Waals surface area contributed by atoms with Crippen molar-refractivity contribution in [2.45, 2.75) is 132 Å². The predicted octanol–water partition coefficient (Wildman–Crippen LogP) is 6.37. The van der Waals surface area contributed by atoms with E-state index in [1.54, 1.807) is 47.1 Å². The Balaban J connectivity index is 0.754. The van der Waals surface area contributed by atoms with E-state index in [0.717, 1.165) is 82.8 Å². The summed E-state index contributed by atoms with van der Waals surface area (Å²) in [5.41, 5.74) is 1.21.